The zero-order valence-corrected chi connectivity index (χ0v) is 12.6. The molecule has 8 heteroatoms. The molecule has 0 aliphatic rings. The number of carbonyl (C=O) groups excluding carboxylic acids is 1. The van der Waals surface area contributed by atoms with Crippen LogP contribution in [0.15, 0.2) is 45.3 Å². The number of amides is 1. The molecule has 3 rings (SSSR count). The Balaban J connectivity index is 1.71. The van der Waals surface area contributed by atoms with Gasteiger partial charge in [0.2, 0.25) is 0 Å². The molecule has 0 fully saturated rings. The van der Waals surface area contributed by atoms with Crippen LogP contribution in [0.1, 0.15) is 16.3 Å². The van der Waals surface area contributed by atoms with Crippen LogP contribution in [0.4, 0.5) is 5.82 Å². The van der Waals surface area contributed by atoms with Crippen molar-refractivity contribution in [2.45, 2.75) is 6.92 Å². The van der Waals surface area contributed by atoms with Crippen LogP contribution in [0, 0.1) is 6.92 Å². The number of phenolic OH excluding ortho intramolecular Hbond substituents is 1. The Morgan fingerprint density at radius 1 is 1.30 bits per heavy atom. The smallest absolute Gasteiger partial charge is 0.292 e. The third-order valence-electron chi connectivity index (χ3n) is 2.81. The molecule has 0 radical (unpaired) electrons. The Morgan fingerprint density at radius 2 is 2.13 bits per heavy atom. The van der Waals surface area contributed by atoms with Gasteiger partial charge in [0.15, 0.2) is 23.1 Å². The molecule has 2 aromatic heterocycles. The first-order chi connectivity index (χ1) is 11.0. The van der Waals surface area contributed by atoms with Gasteiger partial charge in [-0.2, -0.15) is 0 Å². The number of aromatic nitrogens is 1. The number of benzene rings is 1. The Bertz CT molecular complexity index is 855. The number of aryl methyl sites for hydroxylation is 1. The molecular formula is C15H11ClN2O5. The van der Waals surface area contributed by atoms with E-state index in [2.05, 4.69) is 10.5 Å². The predicted octanol–water partition coefficient (Wildman–Crippen LogP) is 3.98. The second-order valence-corrected chi connectivity index (χ2v) is 5.05. The largest absolute Gasteiger partial charge is 0.504 e. The number of nitrogens with one attached hydrogen (secondary N) is 1. The molecule has 2 heterocycles. The third kappa shape index (κ3) is 3.46. The fourth-order valence-corrected chi connectivity index (χ4v) is 1.95. The van der Waals surface area contributed by atoms with Crippen molar-refractivity contribution in [3.63, 3.8) is 0 Å². The van der Waals surface area contributed by atoms with E-state index < -0.39 is 5.91 Å². The molecular weight excluding hydrogens is 324 g/mol. The van der Waals surface area contributed by atoms with Crippen molar-refractivity contribution in [2.24, 2.45) is 0 Å². The van der Waals surface area contributed by atoms with Crippen LogP contribution in [-0.2, 0) is 0 Å². The van der Waals surface area contributed by atoms with Crippen molar-refractivity contribution < 1.29 is 23.6 Å². The van der Waals surface area contributed by atoms with E-state index in [9.17, 15) is 9.90 Å². The molecule has 0 aliphatic heterocycles. The van der Waals surface area contributed by atoms with Gasteiger partial charge in [-0.1, -0.05) is 16.8 Å². The average molecular weight is 335 g/mol. The van der Waals surface area contributed by atoms with E-state index in [0.29, 0.717) is 10.8 Å². The summed E-state index contributed by atoms with van der Waals surface area (Å²) in [4.78, 5) is 12.0. The van der Waals surface area contributed by atoms with Crippen molar-refractivity contribution in [1.82, 2.24) is 5.16 Å². The van der Waals surface area contributed by atoms with Crippen molar-refractivity contribution in [1.29, 1.82) is 0 Å². The number of nitrogens with zero attached hydrogens (tertiary/aromatic N) is 1. The molecule has 0 aliphatic carbocycles. The van der Waals surface area contributed by atoms with E-state index in [0.717, 1.165) is 0 Å². The number of anilines is 1. The Labute approximate surface area is 135 Å². The van der Waals surface area contributed by atoms with Crippen LogP contribution in [0.2, 0.25) is 5.02 Å². The van der Waals surface area contributed by atoms with Crippen LogP contribution in [0.3, 0.4) is 0 Å². The minimum absolute atomic E-state index is 0.0223. The summed E-state index contributed by atoms with van der Waals surface area (Å²) in [5, 5.41) is 16.3. The molecule has 23 heavy (non-hydrogen) atoms. The maximum absolute atomic E-state index is 12.0. The highest BCUT2D eigenvalue weighted by Crippen LogP contribution is 2.33. The first-order valence-electron chi connectivity index (χ1n) is 6.52. The normalized spacial score (nSPS) is 10.5. The second kappa shape index (κ2) is 6.05. The van der Waals surface area contributed by atoms with Crippen LogP contribution < -0.4 is 10.1 Å². The van der Waals surface area contributed by atoms with Gasteiger partial charge >= 0.3 is 0 Å². The first-order valence-corrected chi connectivity index (χ1v) is 6.90. The molecule has 0 spiro atoms. The van der Waals surface area contributed by atoms with E-state index in [1.54, 1.807) is 19.1 Å². The van der Waals surface area contributed by atoms with Gasteiger partial charge in [-0.3, -0.25) is 4.79 Å². The van der Waals surface area contributed by atoms with Gasteiger partial charge in [-0.15, -0.1) is 0 Å². The number of hydrogen-bond donors (Lipinski definition) is 2. The predicted molar refractivity (Wildman–Crippen MR) is 81.1 cm³/mol. The molecule has 0 bridgehead atoms. The fraction of sp³-hybridized carbons (Fsp3) is 0.0667. The van der Waals surface area contributed by atoms with Gasteiger partial charge in [0.25, 0.3) is 11.9 Å². The van der Waals surface area contributed by atoms with Crippen molar-refractivity contribution >= 4 is 23.3 Å². The SMILES string of the molecule is Cc1cc(NC(=O)c2ccc(Oc3ccc(Cl)cc3O)o2)no1. The maximum Gasteiger partial charge on any atom is 0.292 e. The highest BCUT2D eigenvalue weighted by atomic mass is 35.5. The Morgan fingerprint density at radius 3 is 2.83 bits per heavy atom. The lowest BCUT2D eigenvalue weighted by molar-refractivity contribution is 0.0991. The lowest BCUT2D eigenvalue weighted by Crippen LogP contribution is -2.10. The number of ether oxygens (including phenoxy) is 1. The summed E-state index contributed by atoms with van der Waals surface area (Å²) in [6.07, 6.45) is 0. The first kappa shape index (κ1) is 15.0. The number of aromatic hydroxyl groups is 1. The lowest BCUT2D eigenvalue weighted by atomic mass is 10.3. The van der Waals surface area contributed by atoms with Crippen LogP contribution in [0.25, 0.3) is 0 Å². The van der Waals surface area contributed by atoms with E-state index in [1.807, 2.05) is 0 Å². The fourth-order valence-electron chi connectivity index (χ4n) is 1.79. The minimum Gasteiger partial charge on any atom is -0.504 e. The molecule has 118 valence electrons. The van der Waals surface area contributed by atoms with Crippen molar-refractivity contribution in [3.8, 4) is 17.4 Å². The monoisotopic (exact) mass is 334 g/mol. The standard InChI is InChI=1S/C15H11ClN2O5/c1-8-6-13(18-23-8)17-15(20)12-4-5-14(22-12)21-11-3-2-9(16)7-10(11)19/h2-7,19H,1H3,(H,17,18,20). The Hall–Kier alpha value is -2.93. The van der Waals surface area contributed by atoms with Crippen LogP contribution >= 0.6 is 11.6 Å². The number of halogens is 1. The number of hydrogen-bond acceptors (Lipinski definition) is 6. The highest BCUT2D eigenvalue weighted by molar-refractivity contribution is 6.30. The summed E-state index contributed by atoms with van der Waals surface area (Å²) < 4.78 is 15.5. The molecule has 0 saturated carbocycles. The zero-order chi connectivity index (χ0) is 16.4. The van der Waals surface area contributed by atoms with Gasteiger partial charge in [0, 0.05) is 23.2 Å². The van der Waals surface area contributed by atoms with Gasteiger partial charge in [0.1, 0.15) is 5.76 Å². The van der Waals surface area contributed by atoms with Gasteiger partial charge in [0.05, 0.1) is 0 Å². The van der Waals surface area contributed by atoms with Crippen LogP contribution in [-0.4, -0.2) is 16.2 Å². The highest BCUT2D eigenvalue weighted by Gasteiger charge is 2.15. The Kier molecular flexibility index (Phi) is 3.94. The second-order valence-electron chi connectivity index (χ2n) is 4.61. The molecule has 1 amide bonds. The molecule has 0 unspecified atom stereocenters. The third-order valence-corrected chi connectivity index (χ3v) is 3.04. The molecule has 3 aromatic rings. The van der Waals surface area contributed by atoms with Gasteiger partial charge in [-0.25, -0.2) is 0 Å². The molecule has 0 saturated heterocycles. The van der Waals surface area contributed by atoms with Gasteiger partial charge in [-0.05, 0) is 25.1 Å². The van der Waals surface area contributed by atoms with Gasteiger partial charge < -0.3 is 24.1 Å². The van der Waals surface area contributed by atoms with E-state index >= 15 is 0 Å². The molecule has 2 N–H and O–H groups in total. The van der Waals surface area contributed by atoms with Crippen molar-refractivity contribution in [3.05, 3.63) is 52.9 Å². The summed E-state index contributed by atoms with van der Waals surface area (Å²) in [6.45, 7) is 1.71. The summed E-state index contributed by atoms with van der Waals surface area (Å²) >= 11 is 5.74. The van der Waals surface area contributed by atoms with E-state index in [4.69, 9.17) is 25.3 Å². The number of carbonyl (C=O) groups is 1. The zero-order valence-electron chi connectivity index (χ0n) is 11.9. The summed E-state index contributed by atoms with van der Waals surface area (Å²) in [5.41, 5.74) is 0. The summed E-state index contributed by atoms with van der Waals surface area (Å²) in [5.74, 6) is 0.427. The quantitative estimate of drug-likeness (QED) is 0.749. The van der Waals surface area contributed by atoms with Crippen molar-refractivity contribution in [2.75, 3.05) is 5.32 Å². The molecule has 1 aromatic carbocycles. The number of furan rings is 1. The molecule has 7 nitrogen and oxygen atoms in total. The van der Waals surface area contributed by atoms with Crippen LogP contribution in [0.5, 0.6) is 17.4 Å². The number of rotatable bonds is 4. The molecule has 0 atom stereocenters. The average Bonchev–Trinajstić information content (AvgIpc) is 3.11. The minimum atomic E-state index is -0.506. The maximum atomic E-state index is 12.0. The lowest BCUT2D eigenvalue weighted by Gasteiger charge is -2.04. The topological polar surface area (TPSA) is 97.7 Å². The van der Waals surface area contributed by atoms with E-state index in [-0.39, 0.29) is 29.0 Å². The summed E-state index contributed by atoms with van der Waals surface area (Å²) in [6, 6.07) is 8.84. The van der Waals surface area contributed by atoms with E-state index in [1.165, 1.54) is 24.3 Å². The number of phenols is 1. The summed E-state index contributed by atoms with van der Waals surface area (Å²) in [7, 11) is 0.